The molecule has 26 heavy (non-hydrogen) atoms. The predicted molar refractivity (Wildman–Crippen MR) is 115 cm³/mol. The Morgan fingerprint density at radius 1 is 0.577 bits per heavy atom. The van der Waals surface area contributed by atoms with Crippen molar-refractivity contribution in [2.45, 2.75) is 27.5 Å². The number of hydrogen-bond donors (Lipinski definition) is 0. The molecule has 3 atom stereocenters. The van der Waals surface area contributed by atoms with Crippen LogP contribution in [0.2, 0.25) is 0 Å². The fraction of sp³-hybridized carbons (Fsp3) is 1.00. The molecule has 0 rings (SSSR count). The average Bonchev–Trinajstić information content (AvgIpc) is 2.45. The summed E-state index contributed by atoms with van der Waals surface area (Å²) in [5.74, 6) is 0. The molecule has 3 unspecified atom stereocenters. The van der Waals surface area contributed by atoms with Gasteiger partial charge in [-0.05, 0) is 0 Å². The van der Waals surface area contributed by atoms with Crippen LogP contribution >= 0.6 is 147 Å². The Hall–Kier alpha value is 3.59. The second-order valence-electron chi connectivity index (χ2n) is 4.36. The summed E-state index contributed by atoms with van der Waals surface area (Å²) in [6.45, 7) is -1.68. The summed E-state index contributed by atoms with van der Waals surface area (Å²) in [5, 5.41) is -3.64. The standard InChI is InChI=1S/C9H9Cl12O4P/c10-4(7(13,14)15)1-23-26(22,24-2-5(11)8(16,17)18)25-3-6(12)9(19,20)21/h4-6H,1-3H2. The van der Waals surface area contributed by atoms with E-state index in [1.165, 1.54) is 0 Å². The Bertz CT molecular complexity index is 408. The lowest BCUT2D eigenvalue weighted by Crippen LogP contribution is -2.28. The summed E-state index contributed by atoms with van der Waals surface area (Å²) < 4.78 is 21.9. The molecular weight excluding hydrogens is 629 g/mol. The molecule has 0 aliphatic heterocycles. The molecule has 0 aliphatic carbocycles. The van der Waals surface area contributed by atoms with Gasteiger partial charge in [-0.25, -0.2) is 4.57 Å². The fourth-order valence-electron chi connectivity index (χ4n) is 0.865. The van der Waals surface area contributed by atoms with Gasteiger partial charge in [-0.2, -0.15) is 0 Å². The van der Waals surface area contributed by atoms with Gasteiger partial charge >= 0.3 is 7.82 Å². The number of phosphoric acid groups is 1. The molecule has 0 fully saturated rings. The third-order valence-electron chi connectivity index (χ3n) is 2.20. The molecule has 0 aromatic heterocycles. The van der Waals surface area contributed by atoms with E-state index in [9.17, 15) is 4.57 Å². The van der Waals surface area contributed by atoms with Crippen LogP contribution in [0.4, 0.5) is 0 Å². The molecule has 17 heteroatoms. The molecule has 0 bridgehead atoms. The maximum Gasteiger partial charge on any atom is 0.474 e. The third kappa shape index (κ3) is 12.4. The van der Waals surface area contributed by atoms with Crippen molar-refractivity contribution in [2.75, 3.05) is 19.8 Å². The van der Waals surface area contributed by atoms with Gasteiger partial charge in [-0.1, -0.05) is 104 Å². The highest BCUT2D eigenvalue weighted by Crippen LogP contribution is 2.52. The largest absolute Gasteiger partial charge is 0.474 e. The molecule has 0 heterocycles. The predicted octanol–water partition coefficient (Wildman–Crippen LogP) is 8.08. The van der Waals surface area contributed by atoms with Gasteiger partial charge in [0.25, 0.3) is 0 Å². The van der Waals surface area contributed by atoms with Gasteiger partial charge in [0.15, 0.2) is 0 Å². The van der Waals surface area contributed by atoms with Crippen LogP contribution in [0.15, 0.2) is 0 Å². The normalized spacial score (nSPS) is 19.7. The lowest BCUT2D eigenvalue weighted by molar-refractivity contribution is 0.113. The van der Waals surface area contributed by atoms with Gasteiger partial charge in [0, 0.05) is 0 Å². The first-order valence-electron chi connectivity index (χ1n) is 6.04. The van der Waals surface area contributed by atoms with Crippen LogP contribution in [0.1, 0.15) is 0 Å². The Labute approximate surface area is 210 Å². The molecule has 0 aromatic carbocycles. The summed E-state index contributed by atoms with van der Waals surface area (Å²) in [4.78, 5) is 0. The summed E-state index contributed by atoms with van der Waals surface area (Å²) in [6, 6.07) is 0. The topological polar surface area (TPSA) is 44.8 Å². The SMILES string of the molecule is O=P(OCC(Cl)C(Cl)(Cl)Cl)(OCC(Cl)C(Cl)(Cl)Cl)OCC(Cl)C(Cl)(Cl)Cl. The maximum atomic E-state index is 12.7. The highest BCUT2D eigenvalue weighted by molar-refractivity contribution is 7.48. The minimum absolute atomic E-state index is 0.559. The van der Waals surface area contributed by atoms with E-state index in [4.69, 9.17) is 153 Å². The van der Waals surface area contributed by atoms with Gasteiger partial charge in [0.05, 0.1) is 19.8 Å². The molecular formula is C9H9Cl12O4P. The maximum absolute atomic E-state index is 12.7. The lowest BCUT2D eigenvalue weighted by Gasteiger charge is -2.26. The van der Waals surface area contributed by atoms with Gasteiger partial charge in [-0.15, -0.1) is 34.8 Å². The Morgan fingerprint density at radius 2 is 0.769 bits per heavy atom. The minimum atomic E-state index is -4.37. The third-order valence-corrected chi connectivity index (χ3v) is 8.33. The molecule has 0 spiro atoms. The molecule has 0 amide bonds. The van der Waals surface area contributed by atoms with Crippen LogP contribution in [0.3, 0.4) is 0 Å². The van der Waals surface area contributed by atoms with Gasteiger partial charge in [0.2, 0.25) is 11.4 Å². The molecule has 0 saturated carbocycles. The van der Waals surface area contributed by atoms with Crippen molar-refractivity contribution in [1.29, 1.82) is 0 Å². The summed E-state index contributed by atoms with van der Waals surface area (Å²) >= 11 is 67.7. The van der Waals surface area contributed by atoms with Crippen LogP contribution in [0, 0.1) is 0 Å². The zero-order chi connectivity index (χ0) is 21.0. The van der Waals surface area contributed by atoms with Crippen molar-refractivity contribution in [3.8, 4) is 0 Å². The van der Waals surface area contributed by atoms with Crippen molar-refractivity contribution < 1.29 is 18.1 Å². The minimum Gasteiger partial charge on any atom is -0.285 e. The number of phosphoric ester groups is 1. The van der Waals surface area contributed by atoms with E-state index in [0.29, 0.717) is 0 Å². The molecule has 158 valence electrons. The second-order valence-corrected chi connectivity index (χ2v) is 14.7. The number of halogens is 12. The van der Waals surface area contributed by atoms with Gasteiger partial charge < -0.3 is 0 Å². The van der Waals surface area contributed by atoms with E-state index in [-0.39, 0.29) is 0 Å². The monoisotopic (exact) mass is 632 g/mol. The Kier molecular flexibility index (Phi) is 13.7. The highest BCUT2D eigenvalue weighted by atomic mass is 35.6. The van der Waals surface area contributed by atoms with E-state index in [0.717, 1.165) is 0 Å². The molecule has 4 nitrogen and oxygen atoms in total. The summed E-state index contributed by atoms with van der Waals surface area (Å²) in [5.41, 5.74) is 0. The number of hydrogen-bond acceptors (Lipinski definition) is 4. The molecule has 0 N–H and O–H groups in total. The van der Waals surface area contributed by atoms with Crippen molar-refractivity contribution in [1.82, 2.24) is 0 Å². The van der Waals surface area contributed by atoms with Crippen LogP contribution in [0.25, 0.3) is 0 Å². The van der Waals surface area contributed by atoms with Crippen molar-refractivity contribution in [3.63, 3.8) is 0 Å². The number of alkyl halides is 12. The fourth-order valence-corrected chi connectivity index (χ4v) is 3.10. The van der Waals surface area contributed by atoms with E-state index in [1.807, 2.05) is 0 Å². The average molecular weight is 638 g/mol. The summed E-state index contributed by atoms with van der Waals surface area (Å²) in [7, 11) is -4.37. The van der Waals surface area contributed by atoms with E-state index < -0.39 is 55.2 Å². The first-order valence-corrected chi connectivity index (χ1v) is 12.2. The second kappa shape index (κ2) is 12.0. The smallest absolute Gasteiger partial charge is 0.285 e. The van der Waals surface area contributed by atoms with Crippen LogP contribution in [-0.2, 0) is 18.1 Å². The highest BCUT2D eigenvalue weighted by Gasteiger charge is 2.40. The van der Waals surface area contributed by atoms with Gasteiger partial charge in [0.1, 0.15) is 16.1 Å². The van der Waals surface area contributed by atoms with Gasteiger partial charge in [-0.3, -0.25) is 13.6 Å². The van der Waals surface area contributed by atoms with Crippen LogP contribution in [-0.4, -0.2) is 47.3 Å². The first-order chi connectivity index (χ1) is 11.4. The van der Waals surface area contributed by atoms with Crippen LogP contribution < -0.4 is 0 Å². The molecule has 0 aromatic rings. The summed E-state index contributed by atoms with van der Waals surface area (Å²) in [6.07, 6.45) is 0. The molecule has 0 saturated heterocycles. The van der Waals surface area contributed by atoms with Crippen LogP contribution in [0.5, 0.6) is 0 Å². The quantitative estimate of drug-likeness (QED) is 0.190. The molecule has 0 radical (unpaired) electrons. The molecule has 0 aliphatic rings. The van der Waals surface area contributed by atoms with E-state index in [2.05, 4.69) is 0 Å². The Balaban J connectivity index is 5.04. The van der Waals surface area contributed by atoms with E-state index in [1.54, 1.807) is 0 Å². The van der Waals surface area contributed by atoms with Crippen molar-refractivity contribution in [3.05, 3.63) is 0 Å². The van der Waals surface area contributed by atoms with E-state index >= 15 is 0 Å². The first kappa shape index (κ1) is 29.6. The van der Waals surface area contributed by atoms with Crippen molar-refractivity contribution >= 4 is 147 Å². The lowest BCUT2D eigenvalue weighted by atomic mass is 10.5. The number of rotatable bonds is 9. The zero-order valence-electron chi connectivity index (χ0n) is 12.0. The Morgan fingerprint density at radius 3 is 0.923 bits per heavy atom. The zero-order valence-corrected chi connectivity index (χ0v) is 21.9. The van der Waals surface area contributed by atoms with Crippen molar-refractivity contribution in [2.24, 2.45) is 0 Å².